The minimum absolute atomic E-state index is 0.549. The molecule has 6 aliphatic heterocycles. The molecule has 17 N–H and O–H groups in total. The molecule has 6 aliphatic rings. The van der Waals surface area contributed by atoms with Crippen molar-refractivity contribution in [3.05, 3.63) is 0 Å². The summed E-state index contributed by atoms with van der Waals surface area (Å²) in [7, 11) is 0. The molecule has 0 aliphatic carbocycles. The van der Waals surface area contributed by atoms with Gasteiger partial charge in [-0.15, -0.1) is 0 Å². The maximum absolute atomic E-state index is 12.8. The lowest BCUT2D eigenvalue weighted by molar-refractivity contribution is -0.369. The first-order valence-corrected chi connectivity index (χ1v) is 25.6. The lowest BCUT2D eigenvalue weighted by Gasteiger charge is -2.51. The van der Waals surface area contributed by atoms with Gasteiger partial charge in [0.25, 0.3) is 0 Å². The van der Waals surface area contributed by atoms with Gasteiger partial charge in [-0.3, -0.25) is 19.2 Å². The van der Waals surface area contributed by atoms with Crippen molar-refractivity contribution in [2.75, 3.05) is 33.0 Å². The second-order valence-electron chi connectivity index (χ2n) is 20.5. The monoisotopic (exact) mass is 1130 g/mol. The van der Waals surface area contributed by atoms with Crippen molar-refractivity contribution in [1.29, 1.82) is 0 Å². The fraction of sp³-hybridized carbons (Fsp3) is 0.913. The molecule has 78 heavy (non-hydrogen) atoms. The Morgan fingerprint density at radius 1 is 0.372 bits per heavy atom. The van der Waals surface area contributed by atoms with Crippen LogP contribution in [0.25, 0.3) is 0 Å². The van der Waals surface area contributed by atoms with Crippen molar-refractivity contribution in [2.24, 2.45) is 11.8 Å². The predicted octanol–water partition coefficient (Wildman–Crippen LogP) is -9.95. The van der Waals surface area contributed by atoms with Gasteiger partial charge >= 0.3 is 0 Å². The van der Waals surface area contributed by atoms with Crippen molar-refractivity contribution in [3.63, 3.8) is 0 Å². The molecule has 0 radical (unpaired) electrons. The zero-order valence-corrected chi connectivity index (χ0v) is 43.8. The number of hydrogen-bond donors (Lipinski definition) is 17. The van der Waals surface area contributed by atoms with Crippen LogP contribution in [0.4, 0.5) is 0 Å². The smallest absolute Gasteiger partial charge is 0.217 e. The Labute approximate surface area is 447 Å². The van der Waals surface area contributed by atoms with Gasteiger partial charge in [-0.25, -0.2) is 0 Å². The van der Waals surface area contributed by atoms with Gasteiger partial charge < -0.3 is 140 Å². The Morgan fingerprint density at radius 3 is 1.08 bits per heavy atom. The van der Waals surface area contributed by atoms with E-state index in [9.17, 15) is 85.6 Å². The first kappa shape index (κ1) is 64.1. The third kappa shape index (κ3) is 14.4. The van der Waals surface area contributed by atoms with Gasteiger partial charge in [-0.2, -0.15) is 0 Å². The van der Waals surface area contributed by atoms with Crippen LogP contribution in [-0.2, 0) is 71.3 Å². The van der Waals surface area contributed by atoms with Gasteiger partial charge in [-0.1, -0.05) is 13.8 Å². The summed E-state index contributed by atoms with van der Waals surface area (Å²) in [5, 5.41) is 152. The molecular formula is C46H78N4O28. The molecule has 6 fully saturated rings. The average Bonchev–Trinajstić information content (AvgIpc) is 3.41. The van der Waals surface area contributed by atoms with Crippen LogP contribution in [0.5, 0.6) is 0 Å². The van der Waals surface area contributed by atoms with Crippen LogP contribution in [0, 0.1) is 11.8 Å². The van der Waals surface area contributed by atoms with E-state index in [1.807, 2.05) is 0 Å². The highest BCUT2D eigenvalue weighted by Crippen LogP contribution is 2.37. The van der Waals surface area contributed by atoms with Crippen molar-refractivity contribution in [1.82, 2.24) is 21.3 Å². The zero-order valence-electron chi connectivity index (χ0n) is 43.8. The van der Waals surface area contributed by atoms with Crippen molar-refractivity contribution in [3.8, 4) is 0 Å². The highest BCUT2D eigenvalue weighted by atomic mass is 16.8. The van der Waals surface area contributed by atoms with E-state index in [1.54, 1.807) is 0 Å². The van der Waals surface area contributed by atoms with E-state index in [-0.39, 0.29) is 0 Å². The van der Waals surface area contributed by atoms with Gasteiger partial charge in [0.1, 0.15) is 116 Å². The number of ether oxygens (including phenoxy) is 11. The molecule has 32 nitrogen and oxygen atoms in total. The van der Waals surface area contributed by atoms with Crippen molar-refractivity contribution < 1.29 is 138 Å². The first-order valence-electron chi connectivity index (χ1n) is 25.6. The van der Waals surface area contributed by atoms with E-state index in [2.05, 4.69) is 21.3 Å². The Kier molecular flexibility index (Phi) is 22.8. The number of hydrogen-bond acceptors (Lipinski definition) is 28. The number of nitrogens with one attached hydrogen (secondary N) is 4. The fourth-order valence-electron chi connectivity index (χ4n) is 10.4. The average molecular weight is 1140 g/mol. The van der Waals surface area contributed by atoms with E-state index in [1.165, 1.54) is 20.8 Å². The molecule has 0 saturated carbocycles. The molecule has 6 heterocycles. The molecule has 32 heteroatoms. The molecule has 6 rings (SSSR count). The summed E-state index contributed by atoms with van der Waals surface area (Å²) in [5.74, 6) is -4.82. The summed E-state index contributed by atoms with van der Waals surface area (Å²) in [6.07, 6.45) is -38.5. The van der Waals surface area contributed by atoms with Crippen molar-refractivity contribution in [2.45, 2.75) is 220 Å². The standard InChI is InChI=1S/C46H78N4O28/c1-13-29(59)31(61)15(3)69-42(13)68-12-24-40(33(63)25(41(67)70-24)47-16(4)55)78-46-28(50-19(7)58)36(66)39(23(11-54)74-46)77-45-27(49-18(6)57)35(65)38(22(10-53)73-45)76-44-26(48-17(5)56)34(64)37(21(9-52)72-44)75-43-14(2)30(60)32(62)20(8-51)71-43/h13-15,20-46,51-54,59-67H,8-12H2,1-7H3,(H,47,55)(H,48,56)(H,49,57)(H,50,58)/t13?,14?,15-,20?,21?,22?,23?,24?,25?,26?,27?,28?,29?,30+,31+,32-,33+,34?,35+,36?,37+,38-,39+,40-,41?,42-,43-,44+,45-,46+/m0/s1. The topological polar surface area (TPSA) is 481 Å². The molecular weight excluding hydrogens is 1060 g/mol. The molecule has 0 spiro atoms. The predicted molar refractivity (Wildman–Crippen MR) is 250 cm³/mol. The normalized spacial score (nSPS) is 47.1. The summed E-state index contributed by atoms with van der Waals surface area (Å²) in [6.45, 7) is 4.60. The quantitative estimate of drug-likeness (QED) is 0.0571. The Hall–Kier alpha value is -3.08. The summed E-state index contributed by atoms with van der Waals surface area (Å²) in [4.78, 5) is 50.3. The van der Waals surface area contributed by atoms with E-state index < -0.39 is 240 Å². The van der Waals surface area contributed by atoms with Gasteiger partial charge in [0, 0.05) is 39.5 Å². The lowest BCUT2D eigenvalue weighted by atomic mass is 9.91. The zero-order chi connectivity index (χ0) is 57.8. The maximum Gasteiger partial charge on any atom is 0.217 e. The molecule has 6 saturated heterocycles. The summed E-state index contributed by atoms with van der Waals surface area (Å²) < 4.78 is 65.8. The molecule has 0 aromatic rings. The van der Waals surface area contributed by atoms with Crippen LogP contribution in [0.3, 0.4) is 0 Å². The number of amides is 4. The highest BCUT2D eigenvalue weighted by Gasteiger charge is 2.58. The van der Waals surface area contributed by atoms with Gasteiger partial charge in [0.2, 0.25) is 23.6 Å². The lowest BCUT2D eigenvalue weighted by Crippen LogP contribution is -2.72. The second kappa shape index (κ2) is 27.8. The number of aliphatic hydroxyl groups excluding tert-OH is 13. The second-order valence-corrected chi connectivity index (χ2v) is 20.5. The molecule has 0 bridgehead atoms. The number of carbonyl (C=O) groups excluding carboxylic acids is 4. The third-order valence-corrected chi connectivity index (χ3v) is 14.7. The minimum Gasteiger partial charge on any atom is -0.394 e. The maximum atomic E-state index is 12.8. The number of rotatable bonds is 19. The Bertz CT molecular complexity index is 1970. The van der Waals surface area contributed by atoms with Crippen LogP contribution in [0.2, 0.25) is 0 Å². The van der Waals surface area contributed by atoms with Crippen LogP contribution in [0.15, 0.2) is 0 Å². The Balaban J connectivity index is 1.23. The minimum atomic E-state index is -1.99. The summed E-state index contributed by atoms with van der Waals surface area (Å²) in [6, 6.07) is -6.57. The Morgan fingerprint density at radius 2 is 0.692 bits per heavy atom. The van der Waals surface area contributed by atoms with Crippen molar-refractivity contribution >= 4 is 23.6 Å². The van der Waals surface area contributed by atoms with Gasteiger partial charge in [-0.05, 0) is 6.92 Å². The van der Waals surface area contributed by atoms with Crippen LogP contribution >= 0.6 is 0 Å². The third-order valence-electron chi connectivity index (χ3n) is 14.7. The van der Waals surface area contributed by atoms with Crippen LogP contribution < -0.4 is 21.3 Å². The largest absolute Gasteiger partial charge is 0.394 e. The van der Waals surface area contributed by atoms with E-state index >= 15 is 0 Å². The van der Waals surface area contributed by atoms with Gasteiger partial charge in [0.05, 0.1) is 51.3 Å². The summed E-state index contributed by atoms with van der Waals surface area (Å²) >= 11 is 0. The van der Waals surface area contributed by atoms with E-state index in [0.29, 0.717) is 0 Å². The van der Waals surface area contributed by atoms with Crippen LogP contribution in [-0.4, -0.2) is 295 Å². The molecule has 4 amide bonds. The highest BCUT2D eigenvalue weighted by molar-refractivity contribution is 5.74. The number of carbonyl (C=O) groups is 4. The van der Waals surface area contributed by atoms with E-state index in [4.69, 9.17) is 52.1 Å². The van der Waals surface area contributed by atoms with Crippen LogP contribution in [0.1, 0.15) is 48.5 Å². The summed E-state index contributed by atoms with van der Waals surface area (Å²) in [5.41, 5.74) is 0. The SMILES string of the molecule is CC(=O)NC1C(O)[C@H](O[C@@H]2OC(CO)[C@H](O)[C@H](O)C2C)C(CO)O[C@@H]1O[C@H]1C(CO)O[C@@H](O[C@@H]2C(CO)O[C@H](O[C@H]3C(CO[C@H]4O[C@@H](C)[C@@H](O)C(O)C4C)OC(O)C(NC(C)=O)[C@H]3O)C(NC(C)=O)C2O)C(NC(C)=O)[C@H]1O. The van der Waals surface area contributed by atoms with Gasteiger partial charge in [0.15, 0.2) is 37.7 Å². The molecule has 15 unspecified atom stereocenters. The molecule has 450 valence electrons. The first-order chi connectivity index (χ1) is 36.8. The fourth-order valence-corrected chi connectivity index (χ4v) is 10.4. The molecule has 30 atom stereocenters. The number of aliphatic hydroxyl groups is 13. The van der Waals surface area contributed by atoms with E-state index in [0.717, 1.165) is 27.7 Å². The molecule has 0 aromatic heterocycles. The molecule has 0 aromatic carbocycles.